The molecular formula is C23H22F3N3O3. The molecular weight excluding hydrogens is 423 g/mol. The van der Waals surface area contributed by atoms with Gasteiger partial charge in [-0.25, -0.2) is 0 Å². The molecule has 1 amide bonds. The maximum atomic E-state index is 12.8. The van der Waals surface area contributed by atoms with Crippen molar-refractivity contribution in [1.82, 2.24) is 10.1 Å². The van der Waals surface area contributed by atoms with E-state index in [2.05, 4.69) is 17.1 Å². The predicted molar refractivity (Wildman–Crippen MR) is 111 cm³/mol. The Bertz CT molecular complexity index is 1060. The molecule has 3 aromatic rings. The first-order chi connectivity index (χ1) is 15.3. The van der Waals surface area contributed by atoms with Crippen molar-refractivity contribution in [3.05, 3.63) is 60.0 Å². The number of hydrogen-bond acceptors (Lipinski definition) is 5. The number of rotatable bonds is 7. The van der Waals surface area contributed by atoms with E-state index < -0.39 is 11.7 Å². The Hall–Kier alpha value is -3.36. The Morgan fingerprint density at radius 3 is 2.50 bits per heavy atom. The molecule has 1 atom stereocenters. The average molecular weight is 445 g/mol. The van der Waals surface area contributed by atoms with E-state index >= 15 is 0 Å². The Morgan fingerprint density at radius 1 is 1.12 bits per heavy atom. The fourth-order valence-electron chi connectivity index (χ4n) is 3.51. The van der Waals surface area contributed by atoms with Crippen LogP contribution in [-0.4, -0.2) is 29.2 Å². The van der Waals surface area contributed by atoms with Crippen LogP contribution in [0.2, 0.25) is 0 Å². The molecule has 0 aliphatic carbocycles. The molecule has 4 rings (SSSR count). The number of nitrogens with zero attached hydrogens (tertiary/aromatic N) is 3. The summed E-state index contributed by atoms with van der Waals surface area (Å²) in [5, 5.41) is 4.02. The molecule has 1 unspecified atom stereocenters. The molecule has 32 heavy (non-hydrogen) atoms. The van der Waals surface area contributed by atoms with E-state index in [9.17, 15) is 18.0 Å². The summed E-state index contributed by atoms with van der Waals surface area (Å²) < 4.78 is 49.4. The number of carbonyl (C=O) groups excluding carboxylic acids is 1. The number of hydrogen-bond donors (Lipinski definition) is 0. The Morgan fingerprint density at radius 2 is 1.84 bits per heavy atom. The van der Waals surface area contributed by atoms with Crippen LogP contribution < -0.4 is 9.64 Å². The number of unbranched alkanes of at least 4 members (excludes halogenated alkanes) is 1. The van der Waals surface area contributed by atoms with E-state index in [1.165, 1.54) is 17.0 Å². The molecule has 1 aliphatic rings. The maximum absolute atomic E-state index is 12.8. The van der Waals surface area contributed by atoms with Crippen molar-refractivity contribution in [1.29, 1.82) is 0 Å². The summed E-state index contributed by atoms with van der Waals surface area (Å²) in [6.07, 6.45) is -2.23. The molecule has 2 heterocycles. The van der Waals surface area contributed by atoms with E-state index in [1.807, 2.05) is 24.3 Å². The smallest absolute Gasteiger partial charge is 0.416 e. The van der Waals surface area contributed by atoms with Crippen molar-refractivity contribution in [3.63, 3.8) is 0 Å². The number of anilines is 1. The number of ether oxygens (including phenoxy) is 1. The highest BCUT2D eigenvalue weighted by molar-refractivity contribution is 5.96. The zero-order valence-electron chi connectivity index (χ0n) is 17.4. The van der Waals surface area contributed by atoms with Gasteiger partial charge in [-0.3, -0.25) is 4.79 Å². The molecule has 1 saturated heterocycles. The van der Waals surface area contributed by atoms with Crippen molar-refractivity contribution in [2.75, 3.05) is 18.1 Å². The van der Waals surface area contributed by atoms with Crippen molar-refractivity contribution in [3.8, 4) is 17.1 Å². The summed E-state index contributed by atoms with van der Waals surface area (Å²) in [4.78, 5) is 18.3. The number of aromatic nitrogens is 2. The highest BCUT2D eigenvalue weighted by Gasteiger charge is 2.36. The van der Waals surface area contributed by atoms with Crippen LogP contribution in [0.1, 0.15) is 43.6 Å². The van der Waals surface area contributed by atoms with Crippen LogP contribution in [0.5, 0.6) is 5.75 Å². The summed E-state index contributed by atoms with van der Waals surface area (Å²) >= 11 is 0. The summed E-state index contributed by atoms with van der Waals surface area (Å²) in [5.41, 5.74) is 0.406. The van der Waals surface area contributed by atoms with Crippen LogP contribution in [-0.2, 0) is 11.0 Å². The van der Waals surface area contributed by atoms with Gasteiger partial charge in [0, 0.05) is 24.2 Å². The molecule has 1 fully saturated rings. The zero-order valence-corrected chi connectivity index (χ0v) is 17.4. The second-order valence-electron chi connectivity index (χ2n) is 7.63. The molecule has 6 nitrogen and oxygen atoms in total. The number of alkyl halides is 3. The second kappa shape index (κ2) is 9.02. The van der Waals surface area contributed by atoms with Crippen LogP contribution in [0, 0.1) is 0 Å². The molecule has 168 valence electrons. The summed E-state index contributed by atoms with van der Waals surface area (Å²) in [6, 6.07) is 11.9. The Labute approximate surface area is 183 Å². The molecule has 0 N–H and O–H groups in total. The van der Waals surface area contributed by atoms with Gasteiger partial charge < -0.3 is 14.2 Å². The van der Waals surface area contributed by atoms with E-state index in [-0.39, 0.29) is 24.8 Å². The lowest BCUT2D eigenvalue weighted by atomic mass is 10.1. The molecule has 0 spiro atoms. The van der Waals surface area contributed by atoms with Crippen LogP contribution >= 0.6 is 0 Å². The lowest BCUT2D eigenvalue weighted by molar-refractivity contribution is -0.137. The summed E-state index contributed by atoms with van der Waals surface area (Å²) in [6.45, 7) is 3.02. The molecule has 9 heteroatoms. The Kier molecular flexibility index (Phi) is 6.16. The highest BCUT2D eigenvalue weighted by atomic mass is 19.4. The highest BCUT2D eigenvalue weighted by Crippen LogP contribution is 2.34. The standard InChI is InChI=1S/C23H22F3N3O3/c1-2-3-12-31-19-10-4-15(5-11-19)21-27-22(32-28-21)16-13-20(30)29(14-16)18-8-6-17(7-9-18)23(24,25)26/h4-11,16H,2-3,12-14H2,1H3. The van der Waals surface area contributed by atoms with Gasteiger partial charge in [0.25, 0.3) is 0 Å². The van der Waals surface area contributed by atoms with Crippen LogP contribution in [0.4, 0.5) is 18.9 Å². The van der Waals surface area contributed by atoms with Crippen molar-refractivity contribution in [2.24, 2.45) is 0 Å². The minimum atomic E-state index is -4.42. The third-order valence-corrected chi connectivity index (χ3v) is 5.30. The van der Waals surface area contributed by atoms with Gasteiger partial charge in [0.1, 0.15) is 5.75 Å². The minimum absolute atomic E-state index is 0.146. The fraction of sp³-hybridized carbons (Fsp3) is 0.348. The fourth-order valence-corrected chi connectivity index (χ4v) is 3.51. The maximum Gasteiger partial charge on any atom is 0.416 e. The van der Waals surface area contributed by atoms with E-state index in [0.717, 1.165) is 36.3 Å². The SMILES string of the molecule is CCCCOc1ccc(-c2noc(C3CC(=O)N(c4ccc(C(F)(F)F)cc4)C3)n2)cc1. The molecule has 0 saturated carbocycles. The largest absolute Gasteiger partial charge is 0.494 e. The second-order valence-corrected chi connectivity index (χ2v) is 7.63. The lowest BCUT2D eigenvalue weighted by Gasteiger charge is -2.17. The molecule has 1 aliphatic heterocycles. The van der Waals surface area contributed by atoms with E-state index in [4.69, 9.17) is 9.26 Å². The predicted octanol–water partition coefficient (Wildman–Crippen LogP) is 5.45. The first-order valence-electron chi connectivity index (χ1n) is 10.4. The number of halogens is 3. The topological polar surface area (TPSA) is 68.5 Å². The van der Waals surface area contributed by atoms with Crippen molar-refractivity contribution in [2.45, 2.75) is 38.3 Å². The summed E-state index contributed by atoms with van der Waals surface area (Å²) in [5.74, 6) is 0.955. The summed E-state index contributed by atoms with van der Waals surface area (Å²) in [7, 11) is 0. The van der Waals surface area contributed by atoms with E-state index in [0.29, 0.717) is 24.0 Å². The quantitative estimate of drug-likeness (QED) is 0.452. The van der Waals surface area contributed by atoms with Gasteiger partial charge in [0.05, 0.1) is 18.1 Å². The van der Waals surface area contributed by atoms with Gasteiger partial charge in [-0.15, -0.1) is 0 Å². The van der Waals surface area contributed by atoms with E-state index in [1.54, 1.807) is 0 Å². The normalized spacial score (nSPS) is 16.6. The lowest BCUT2D eigenvalue weighted by Crippen LogP contribution is -2.24. The zero-order chi connectivity index (χ0) is 22.7. The van der Waals surface area contributed by atoms with Gasteiger partial charge >= 0.3 is 6.18 Å². The number of amides is 1. The van der Waals surface area contributed by atoms with Crippen molar-refractivity contribution >= 4 is 11.6 Å². The number of carbonyl (C=O) groups is 1. The Balaban J connectivity index is 1.43. The molecule has 2 aromatic carbocycles. The molecule has 0 bridgehead atoms. The minimum Gasteiger partial charge on any atom is -0.494 e. The first kappa shape index (κ1) is 21.9. The first-order valence-corrected chi connectivity index (χ1v) is 10.4. The van der Waals surface area contributed by atoms with Gasteiger partial charge in [0.2, 0.25) is 17.6 Å². The third-order valence-electron chi connectivity index (χ3n) is 5.30. The molecule has 1 aromatic heterocycles. The van der Waals surface area contributed by atoms with Gasteiger partial charge in [0.15, 0.2) is 0 Å². The average Bonchev–Trinajstić information content (AvgIpc) is 3.41. The van der Waals surface area contributed by atoms with Crippen LogP contribution in [0.15, 0.2) is 53.1 Å². The molecule has 0 radical (unpaired) electrons. The van der Waals surface area contributed by atoms with Crippen molar-refractivity contribution < 1.29 is 27.2 Å². The van der Waals surface area contributed by atoms with Gasteiger partial charge in [-0.05, 0) is 55.0 Å². The monoisotopic (exact) mass is 445 g/mol. The van der Waals surface area contributed by atoms with Crippen LogP contribution in [0.25, 0.3) is 11.4 Å². The van der Waals surface area contributed by atoms with Gasteiger partial charge in [-0.1, -0.05) is 18.5 Å². The van der Waals surface area contributed by atoms with Gasteiger partial charge in [-0.2, -0.15) is 18.2 Å². The number of benzene rings is 2. The third kappa shape index (κ3) is 4.76. The van der Waals surface area contributed by atoms with Crippen LogP contribution in [0.3, 0.4) is 0 Å².